The lowest BCUT2D eigenvalue weighted by Crippen LogP contribution is -2.48. The molecule has 2 rings (SSSR count). The fourth-order valence-electron chi connectivity index (χ4n) is 3.21. The van der Waals surface area contributed by atoms with E-state index in [1.54, 1.807) is 19.1 Å². The maximum absolute atomic E-state index is 13.0. The number of hydrogen-bond donors (Lipinski definition) is 0. The summed E-state index contributed by atoms with van der Waals surface area (Å²) >= 11 is 3.30. The van der Waals surface area contributed by atoms with Crippen LogP contribution in [0.4, 0.5) is 0 Å². The van der Waals surface area contributed by atoms with Gasteiger partial charge in [0.25, 0.3) is 0 Å². The molecule has 1 atom stereocenters. The van der Waals surface area contributed by atoms with Gasteiger partial charge in [0.1, 0.15) is 6.54 Å². The first-order chi connectivity index (χ1) is 13.8. The summed E-state index contributed by atoms with van der Waals surface area (Å²) in [6.45, 7) is 2.72. The molecule has 8 nitrogen and oxygen atoms in total. The number of ether oxygens (including phenoxy) is 2. The number of rotatable bonds is 9. The number of sulfonamides is 1. The van der Waals surface area contributed by atoms with E-state index in [0.29, 0.717) is 19.4 Å². The number of halogens is 1. The molecule has 0 bridgehead atoms. The van der Waals surface area contributed by atoms with Crippen LogP contribution in [0.25, 0.3) is 0 Å². The van der Waals surface area contributed by atoms with Crippen molar-refractivity contribution in [2.75, 3.05) is 46.5 Å². The van der Waals surface area contributed by atoms with Gasteiger partial charge in [-0.25, -0.2) is 8.42 Å². The van der Waals surface area contributed by atoms with Gasteiger partial charge < -0.3 is 14.4 Å². The largest absolute Gasteiger partial charge is 0.465 e. The van der Waals surface area contributed by atoms with Gasteiger partial charge in [0.15, 0.2) is 0 Å². The molecule has 1 heterocycles. The lowest BCUT2D eigenvalue weighted by Gasteiger charge is -2.34. The Kier molecular flexibility index (Phi) is 9.06. The molecular weight excluding hydrogens is 464 g/mol. The standard InChI is InChI=1S/C19H27BrN2O6S/c1-3-28-18(23)14-21(11-12-27-2)19(24)15-5-4-10-22(13-15)29(25,26)17-8-6-16(20)7-9-17/h6-9,15H,3-5,10-14H2,1-2H3. The molecule has 1 aromatic carbocycles. The van der Waals surface area contributed by atoms with Crippen LogP contribution in [-0.2, 0) is 29.1 Å². The summed E-state index contributed by atoms with van der Waals surface area (Å²) in [5.74, 6) is -1.27. The molecule has 1 saturated heterocycles. The van der Waals surface area contributed by atoms with E-state index >= 15 is 0 Å². The number of carbonyl (C=O) groups excluding carboxylic acids is 2. The Hall–Kier alpha value is -1.49. The van der Waals surface area contributed by atoms with Crippen LogP contribution in [0.15, 0.2) is 33.6 Å². The highest BCUT2D eigenvalue weighted by atomic mass is 79.9. The number of piperidine rings is 1. The third kappa shape index (κ3) is 6.50. The first-order valence-electron chi connectivity index (χ1n) is 9.48. The van der Waals surface area contributed by atoms with E-state index in [4.69, 9.17) is 9.47 Å². The second-order valence-electron chi connectivity index (χ2n) is 6.71. The third-order valence-electron chi connectivity index (χ3n) is 4.69. The Morgan fingerprint density at radius 2 is 1.97 bits per heavy atom. The normalized spacial score (nSPS) is 17.7. The van der Waals surface area contributed by atoms with E-state index in [9.17, 15) is 18.0 Å². The molecule has 1 unspecified atom stereocenters. The molecular formula is C19H27BrN2O6S. The minimum Gasteiger partial charge on any atom is -0.465 e. The number of esters is 1. The molecule has 0 N–H and O–H groups in total. The van der Waals surface area contributed by atoms with Crippen molar-refractivity contribution in [3.05, 3.63) is 28.7 Å². The molecule has 162 valence electrons. The van der Waals surface area contributed by atoms with Crippen molar-refractivity contribution in [1.29, 1.82) is 0 Å². The zero-order chi connectivity index (χ0) is 21.4. The summed E-state index contributed by atoms with van der Waals surface area (Å²) in [6, 6.07) is 6.42. The van der Waals surface area contributed by atoms with Crippen molar-refractivity contribution in [3.63, 3.8) is 0 Å². The van der Waals surface area contributed by atoms with E-state index in [2.05, 4.69) is 15.9 Å². The third-order valence-corrected chi connectivity index (χ3v) is 7.10. The van der Waals surface area contributed by atoms with Crippen LogP contribution in [0, 0.1) is 5.92 Å². The highest BCUT2D eigenvalue weighted by molar-refractivity contribution is 9.10. The van der Waals surface area contributed by atoms with Crippen molar-refractivity contribution in [3.8, 4) is 0 Å². The maximum Gasteiger partial charge on any atom is 0.325 e. The molecule has 1 fully saturated rings. The highest BCUT2D eigenvalue weighted by Gasteiger charge is 2.35. The Morgan fingerprint density at radius 1 is 1.28 bits per heavy atom. The smallest absolute Gasteiger partial charge is 0.325 e. The number of carbonyl (C=O) groups is 2. The summed E-state index contributed by atoms with van der Waals surface area (Å²) < 4.78 is 38.0. The second-order valence-corrected chi connectivity index (χ2v) is 9.57. The molecule has 0 aliphatic carbocycles. The number of benzene rings is 1. The number of methoxy groups -OCH3 is 1. The van der Waals surface area contributed by atoms with Crippen LogP contribution in [-0.4, -0.2) is 76.0 Å². The van der Waals surface area contributed by atoms with Gasteiger partial charge in [0, 0.05) is 31.2 Å². The number of amides is 1. The lowest BCUT2D eigenvalue weighted by atomic mass is 9.98. The summed E-state index contributed by atoms with van der Waals surface area (Å²) in [5.41, 5.74) is 0. The average molecular weight is 491 g/mol. The van der Waals surface area contributed by atoms with E-state index in [0.717, 1.165) is 4.47 Å². The van der Waals surface area contributed by atoms with E-state index in [1.165, 1.54) is 28.4 Å². The fourth-order valence-corrected chi connectivity index (χ4v) is 5.00. The lowest BCUT2D eigenvalue weighted by molar-refractivity contribution is -0.151. The van der Waals surface area contributed by atoms with Crippen LogP contribution in [0.2, 0.25) is 0 Å². The molecule has 0 spiro atoms. The molecule has 0 saturated carbocycles. The highest BCUT2D eigenvalue weighted by Crippen LogP contribution is 2.26. The Balaban J connectivity index is 2.13. The van der Waals surface area contributed by atoms with Crippen LogP contribution >= 0.6 is 15.9 Å². The van der Waals surface area contributed by atoms with Gasteiger partial charge in [-0.15, -0.1) is 0 Å². The molecule has 1 aliphatic rings. The predicted molar refractivity (Wildman–Crippen MR) is 111 cm³/mol. The van der Waals surface area contributed by atoms with Crippen molar-refractivity contribution in [1.82, 2.24) is 9.21 Å². The van der Waals surface area contributed by atoms with E-state index in [-0.39, 0.29) is 43.7 Å². The van der Waals surface area contributed by atoms with Gasteiger partial charge in [-0.1, -0.05) is 15.9 Å². The summed E-state index contributed by atoms with van der Waals surface area (Å²) in [7, 11) is -2.18. The fraction of sp³-hybridized carbons (Fsp3) is 0.579. The molecule has 10 heteroatoms. The van der Waals surface area contributed by atoms with Gasteiger partial charge in [0.2, 0.25) is 15.9 Å². The first-order valence-corrected chi connectivity index (χ1v) is 11.7. The Morgan fingerprint density at radius 3 is 2.59 bits per heavy atom. The predicted octanol–water partition coefficient (Wildman–Crippen LogP) is 1.89. The van der Waals surface area contributed by atoms with Gasteiger partial charge in [-0.3, -0.25) is 9.59 Å². The van der Waals surface area contributed by atoms with Gasteiger partial charge in [-0.05, 0) is 44.0 Å². The van der Waals surface area contributed by atoms with Crippen LogP contribution in [0.3, 0.4) is 0 Å². The quantitative estimate of drug-likeness (QED) is 0.490. The molecule has 29 heavy (non-hydrogen) atoms. The minimum absolute atomic E-state index is 0.0868. The first kappa shape index (κ1) is 23.8. The summed E-state index contributed by atoms with van der Waals surface area (Å²) in [6.07, 6.45) is 1.14. The van der Waals surface area contributed by atoms with E-state index < -0.39 is 21.9 Å². The molecule has 0 aromatic heterocycles. The van der Waals surface area contributed by atoms with Gasteiger partial charge >= 0.3 is 5.97 Å². The van der Waals surface area contributed by atoms with Gasteiger partial charge in [0.05, 0.1) is 24.0 Å². The van der Waals surface area contributed by atoms with Crippen LogP contribution in [0.1, 0.15) is 19.8 Å². The molecule has 1 aromatic rings. The zero-order valence-corrected chi connectivity index (χ0v) is 19.1. The molecule has 0 radical (unpaired) electrons. The Labute approximate surface area is 180 Å². The summed E-state index contributed by atoms with van der Waals surface area (Å²) in [4.78, 5) is 26.5. The Bertz CT molecular complexity index is 799. The minimum atomic E-state index is -3.69. The van der Waals surface area contributed by atoms with Crippen LogP contribution in [0.5, 0.6) is 0 Å². The van der Waals surface area contributed by atoms with Crippen LogP contribution < -0.4 is 0 Å². The number of nitrogens with zero attached hydrogens (tertiary/aromatic N) is 2. The van der Waals surface area contributed by atoms with Crippen molar-refractivity contribution in [2.45, 2.75) is 24.7 Å². The zero-order valence-electron chi connectivity index (χ0n) is 16.7. The van der Waals surface area contributed by atoms with Crippen molar-refractivity contribution >= 4 is 37.8 Å². The SMILES string of the molecule is CCOC(=O)CN(CCOC)C(=O)C1CCCN(S(=O)(=O)c2ccc(Br)cc2)C1. The van der Waals surface area contributed by atoms with Crippen molar-refractivity contribution < 1.29 is 27.5 Å². The average Bonchev–Trinajstić information content (AvgIpc) is 2.71. The van der Waals surface area contributed by atoms with Gasteiger partial charge in [-0.2, -0.15) is 4.31 Å². The second kappa shape index (κ2) is 11.1. The monoisotopic (exact) mass is 490 g/mol. The topological polar surface area (TPSA) is 93.2 Å². The number of hydrogen-bond acceptors (Lipinski definition) is 6. The molecule has 1 aliphatic heterocycles. The summed E-state index contributed by atoms with van der Waals surface area (Å²) in [5, 5.41) is 0. The molecule has 1 amide bonds. The van der Waals surface area contributed by atoms with E-state index in [1.807, 2.05) is 0 Å². The maximum atomic E-state index is 13.0. The van der Waals surface area contributed by atoms with Crippen molar-refractivity contribution in [2.24, 2.45) is 5.92 Å².